The average molecular weight is 325 g/mol. The van der Waals surface area contributed by atoms with Crippen LogP contribution in [0.4, 0.5) is 4.39 Å². The third-order valence-electron chi connectivity index (χ3n) is 3.64. The van der Waals surface area contributed by atoms with E-state index in [2.05, 4.69) is 10.6 Å². The Kier molecular flexibility index (Phi) is 5.57. The zero-order valence-electron chi connectivity index (χ0n) is 12.0. The molecule has 1 aromatic carbocycles. The molecular weight excluding hydrogens is 307 g/mol. The quantitative estimate of drug-likeness (QED) is 0.909. The lowest BCUT2D eigenvalue weighted by molar-refractivity contribution is 0.0923. The first-order chi connectivity index (χ1) is 10.2. The molecule has 2 aromatic rings. The van der Waals surface area contributed by atoms with E-state index in [0.29, 0.717) is 23.9 Å². The SMILES string of the molecule is Cl.O=C(NCC1CCCN1)c1ccc(-c2ccccc2F)o1. The first kappa shape index (κ1) is 16.5. The van der Waals surface area contributed by atoms with Crippen molar-refractivity contribution in [3.05, 3.63) is 48.0 Å². The van der Waals surface area contributed by atoms with Crippen LogP contribution in [0.5, 0.6) is 0 Å². The molecule has 0 saturated carbocycles. The second-order valence-electron chi connectivity index (χ2n) is 5.15. The van der Waals surface area contributed by atoms with Gasteiger partial charge in [-0.25, -0.2) is 4.39 Å². The van der Waals surface area contributed by atoms with E-state index in [-0.39, 0.29) is 29.9 Å². The van der Waals surface area contributed by atoms with Gasteiger partial charge < -0.3 is 15.1 Å². The van der Waals surface area contributed by atoms with E-state index in [1.165, 1.54) is 6.07 Å². The minimum atomic E-state index is -0.367. The Hall–Kier alpha value is -1.85. The summed E-state index contributed by atoms with van der Waals surface area (Å²) in [5.41, 5.74) is 0.356. The topological polar surface area (TPSA) is 54.3 Å². The molecule has 0 spiro atoms. The van der Waals surface area contributed by atoms with Crippen LogP contribution >= 0.6 is 12.4 Å². The summed E-state index contributed by atoms with van der Waals surface area (Å²) in [4.78, 5) is 12.0. The highest BCUT2D eigenvalue weighted by atomic mass is 35.5. The fourth-order valence-electron chi connectivity index (χ4n) is 2.50. The van der Waals surface area contributed by atoms with Gasteiger partial charge in [0, 0.05) is 12.6 Å². The number of furan rings is 1. The summed E-state index contributed by atoms with van der Waals surface area (Å²) in [5.74, 6) is -0.0799. The van der Waals surface area contributed by atoms with Gasteiger partial charge in [0.1, 0.15) is 11.6 Å². The summed E-state index contributed by atoms with van der Waals surface area (Å²) in [6.07, 6.45) is 2.21. The van der Waals surface area contributed by atoms with Crippen LogP contribution in [0, 0.1) is 5.82 Å². The predicted molar refractivity (Wildman–Crippen MR) is 84.7 cm³/mol. The Morgan fingerprint density at radius 1 is 1.32 bits per heavy atom. The third-order valence-corrected chi connectivity index (χ3v) is 3.64. The van der Waals surface area contributed by atoms with Crippen LogP contribution in [-0.2, 0) is 0 Å². The van der Waals surface area contributed by atoms with Gasteiger partial charge in [-0.3, -0.25) is 4.79 Å². The van der Waals surface area contributed by atoms with Crippen molar-refractivity contribution in [2.75, 3.05) is 13.1 Å². The van der Waals surface area contributed by atoms with E-state index in [0.717, 1.165) is 19.4 Å². The largest absolute Gasteiger partial charge is 0.451 e. The molecule has 1 fully saturated rings. The van der Waals surface area contributed by atoms with Crippen molar-refractivity contribution in [1.82, 2.24) is 10.6 Å². The molecule has 1 aliphatic rings. The molecule has 22 heavy (non-hydrogen) atoms. The standard InChI is InChI=1S/C16H17FN2O2.ClH/c17-13-6-2-1-5-12(13)14-7-8-15(21-14)16(20)19-10-11-4-3-9-18-11;/h1-2,5-8,11,18H,3-4,9-10H2,(H,19,20);1H. The number of carbonyl (C=O) groups is 1. The van der Waals surface area contributed by atoms with Gasteiger partial charge in [-0.1, -0.05) is 12.1 Å². The molecule has 1 aromatic heterocycles. The van der Waals surface area contributed by atoms with Gasteiger partial charge in [0.25, 0.3) is 5.91 Å². The molecule has 1 aliphatic heterocycles. The highest BCUT2D eigenvalue weighted by molar-refractivity contribution is 5.92. The number of nitrogens with one attached hydrogen (secondary N) is 2. The molecule has 6 heteroatoms. The van der Waals surface area contributed by atoms with Crippen LogP contribution in [0.1, 0.15) is 23.4 Å². The average Bonchev–Trinajstić information content (AvgIpc) is 3.17. The minimum absolute atomic E-state index is 0. The third kappa shape index (κ3) is 3.67. The number of rotatable bonds is 4. The van der Waals surface area contributed by atoms with Crippen LogP contribution in [-0.4, -0.2) is 25.0 Å². The van der Waals surface area contributed by atoms with Crippen molar-refractivity contribution in [3.8, 4) is 11.3 Å². The Morgan fingerprint density at radius 2 is 2.14 bits per heavy atom. The lowest BCUT2D eigenvalue weighted by Crippen LogP contribution is -2.37. The molecule has 2 heterocycles. The Balaban J connectivity index is 0.00000176. The Labute approximate surface area is 134 Å². The van der Waals surface area contributed by atoms with E-state index in [1.807, 2.05) is 0 Å². The van der Waals surface area contributed by atoms with Crippen LogP contribution in [0.15, 0.2) is 40.8 Å². The maximum Gasteiger partial charge on any atom is 0.287 e. The molecule has 1 atom stereocenters. The Morgan fingerprint density at radius 3 is 2.86 bits per heavy atom. The molecule has 118 valence electrons. The van der Waals surface area contributed by atoms with E-state index >= 15 is 0 Å². The smallest absolute Gasteiger partial charge is 0.287 e. The zero-order valence-corrected chi connectivity index (χ0v) is 12.8. The van der Waals surface area contributed by atoms with Gasteiger partial charge in [-0.15, -0.1) is 12.4 Å². The lowest BCUT2D eigenvalue weighted by Gasteiger charge is -2.10. The van der Waals surface area contributed by atoms with E-state index < -0.39 is 0 Å². The Bertz CT molecular complexity index is 639. The van der Waals surface area contributed by atoms with E-state index in [4.69, 9.17) is 4.42 Å². The molecule has 3 rings (SSSR count). The molecule has 1 amide bonds. The first-order valence-corrected chi connectivity index (χ1v) is 7.10. The van der Waals surface area contributed by atoms with Gasteiger partial charge in [-0.05, 0) is 43.7 Å². The zero-order chi connectivity index (χ0) is 14.7. The summed E-state index contributed by atoms with van der Waals surface area (Å²) >= 11 is 0. The van der Waals surface area contributed by atoms with Gasteiger partial charge in [0.05, 0.1) is 5.56 Å². The number of benzene rings is 1. The number of amides is 1. The summed E-state index contributed by atoms with van der Waals surface area (Å²) in [5, 5.41) is 6.14. The molecule has 0 aliphatic carbocycles. The van der Waals surface area contributed by atoms with Crippen molar-refractivity contribution < 1.29 is 13.6 Å². The predicted octanol–water partition coefficient (Wildman–Crippen LogP) is 2.99. The number of hydrogen-bond donors (Lipinski definition) is 2. The second-order valence-corrected chi connectivity index (χ2v) is 5.15. The molecule has 1 saturated heterocycles. The van der Waals surface area contributed by atoms with Crippen molar-refractivity contribution in [1.29, 1.82) is 0 Å². The maximum atomic E-state index is 13.7. The fraction of sp³-hybridized carbons (Fsp3) is 0.312. The molecule has 4 nitrogen and oxygen atoms in total. The fourth-order valence-corrected chi connectivity index (χ4v) is 2.50. The second kappa shape index (κ2) is 7.42. The molecule has 0 radical (unpaired) electrons. The normalized spacial score (nSPS) is 17.0. The van der Waals surface area contributed by atoms with Gasteiger partial charge >= 0.3 is 0 Å². The van der Waals surface area contributed by atoms with E-state index in [9.17, 15) is 9.18 Å². The van der Waals surface area contributed by atoms with Crippen molar-refractivity contribution >= 4 is 18.3 Å². The molecule has 2 N–H and O–H groups in total. The highest BCUT2D eigenvalue weighted by Crippen LogP contribution is 2.24. The minimum Gasteiger partial charge on any atom is -0.451 e. The number of halogens is 2. The van der Waals surface area contributed by atoms with Gasteiger partial charge in [0.2, 0.25) is 0 Å². The number of hydrogen-bond acceptors (Lipinski definition) is 3. The summed E-state index contributed by atoms with van der Waals surface area (Å²) < 4.78 is 19.1. The van der Waals surface area contributed by atoms with Crippen molar-refractivity contribution in [2.24, 2.45) is 0 Å². The van der Waals surface area contributed by atoms with Gasteiger partial charge in [-0.2, -0.15) is 0 Å². The van der Waals surface area contributed by atoms with E-state index in [1.54, 1.807) is 30.3 Å². The van der Waals surface area contributed by atoms with Crippen molar-refractivity contribution in [3.63, 3.8) is 0 Å². The first-order valence-electron chi connectivity index (χ1n) is 7.10. The molecular formula is C16H18ClFN2O2. The van der Waals surface area contributed by atoms with Crippen LogP contribution in [0.3, 0.4) is 0 Å². The maximum absolute atomic E-state index is 13.7. The lowest BCUT2D eigenvalue weighted by atomic mass is 10.1. The van der Waals surface area contributed by atoms with Crippen molar-refractivity contribution in [2.45, 2.75) is 18.9 Å². The van der Waals surface area contributed by atoms with Gasteiger partial charge in [0.15, 0.2) is 5.76 Å². The number of carbonyl (C=O) groups excluding carboxylic acids is 1. The van der Waals surface area contributed by atoms with Crippen LogP contribution < -0.4 is 10.6 Å². The summed E-state index contributed by atoms with van der Waals surface area (Å²) in [6, 6.07) is 9.84. The van der Waals surface area contributed by atoms with Crippen LogP contribution in [0.25, 0.3) is 11.3 Å². The summed E-state index contributed by atoms with van der Waals surface area (Å²) in [7, 11) is 0. The molecule has 1 unspecified atom stereocenters. The summed E-state index contributed by atoms with van der Waals surface area (Å²) in [6.45, 7) is 1.58. The highest BCUT2D eigenvalue weighted by Gasteiger charge is 2.17. The van der Waals surface area contributed by atoms with Crippen LogP contribution in [0.2, 0.25) is 0 Å². The molecule has 0 bridgehead atoms. The monoisotopic (exact) mass is 324 g/mol.